The van der Waals surface area contributed by atoms with Crippen molar-refractivity contribution in [2.24, 2.45) is 0 Å². The summed E-state index contributed by atoms with van der Waals surface area (Å²) in [7, 11) is -8.78. The Balaban J connectivity index is 2.13. The van der Waals surface area contributed by atoms with E-state index < -0.39 is 47.4 Å². The minimum absolute atomic E-state index is 0.147. The highest BCUT2D eigenvalue weighted by atomic mass is 32.2. The van der Waals surface area contributed by atoms with Gasteiger partial charge in [-0.15, -0.1) is 0 Å². The number of alkyl halides is 3. The van der Waals surface area contributed by atoms with Gasteiger partial charge in [-0.3, -0.25) is 0 Å². The summed E-state index contributed by atoms with van der Waals surface area (Å²) in [4.78, 5) is -1.79. The topological polar surface area (TPSA) is 92.3 Å². The maximum Gasteiger partial charge on any atom is 0.417 e. The van der Waals surface area contributed by atoms with Crippen LogP contribution in [0, 0.1) is 0 Å². The lowest BCUT2D eigenvalue weighted by atomic mass is 10.2. The molecule has 152 valence electrons. The van der Waals surface area contributed by atoms with Crippen molar-refractivity contribution < 1.29 is 30.0 Å². The van der Waals surface area contributed by atoms with Gasteiger partial charge in [-0.2, -0.15) is 13.2 Å². The summed E-state index contributed by atoms with van der Waals surface area (Å²) in [5, 5.41) is 2.90. The molecule has 3 rings (SSSR count). The van der Waals surface area contributed by atoms with E-state index in [4.69, 9.17) is 0 Å². The average molecular weight is 434 g/mol. The van der Waals surface area contributed by atoms with Gasteiger partial charge in [0.15, 0.2) is 0 Å². The second-order valence-electron chi connectivity index (χ2n) is 6.28. The van der Waals surface area contributed by atoms with E-state index >= 15 is 0 Å². The van der Waals surface area contributed by atoms with Gasteiger partial charge in [0.05, 0.1) is 20.2 Å². The molecule has 0 bridgehead atoms. The molecule has 0 saturated carbocycles. The number of halogens is 3. The highest BCUT2D eigenvalue weighted by molar-refractivity contribution is 7.91. The van der Waals surface area contributed by atoms with Crippen LogP contribution in [0.2, 0.25) is 0 Å². The van der Waals surface area contributed by atoms with Crippen LogP contribution in [-0.4, -0.2) is 36.0 Å². The summed E-state index contributed by atoms with van der Waals surface area (Å²) in [6.45, 7) is 0.810. The molecular formula is C17H17F3N2O4S2. The molecule has 0 spiro atoms. The van der Waals surface area contributed by atoms with Crippen molar-refractivity contribution in [3.05, 3.63) is 54.1 Å². The highest BCUT2D eigenvalue weighted by Crippen LogP contribution is 2.36. The standard InChI is InChI=1S/C17H17F3N2O4S2/c18-17(19,20)15-7-6-14(27(23,24)13-4-2-1-3-5-13)10-16(15)28(25,26)22-12-8-9-21-11-12/h1-7,10,12,21-22H,8-9,11H2/t12-/m1/s1. The van der Waals surface area contributed by atoms with Gasteiger partial charge in [0.2, 0.25) is 19.9 Å². The smallest absolute Gasteiger partial charge is 0.315 e. The number of nitrogens with one attached hydrogen (secondary N) is 2. The lowest BCUT2D eigenvalue weighted by molar-refractivity contribution is -0.139. The van der Waals surface area contributed by atoms with Crippen LogP contribution in [0.15, 0.2) is 63.2 Å². The van der Waals surface area contributed by atoms with Crippen molar-refractivity contribution in [2.45, 2.75) is 33.3 Å². The molecule has 0 unspecified atom stereocenters. The van der Waals surface area contributed by atoms with Crippen molar-refractivity contribution in [3.8, 4) is 0 Å². The molecule has 0 aliphatic carbocycles. The van der Waals surface area contributed by atoms with Crippen molar-refractivity contribution in [1.82, 2.24) is 10.0 Å². The first-order valence-corrected chi connectivity index (χ1v) is 11.2. The van der Waals surface area contributed by atoms with Crippen LogP contribution < -0.4 is 10.0 Å². The molecule has 2 aromatic carbocycles. The number of sulfonamides is 1. The molecule has 11 heteroatoms. The molecule has 0 amide bonds. The van der Waals surface area contributed by atoms with Gasteiger partial charge in [-0.1, -0.05) is 18.2 Å². The Labute approximate surface area is 160 Å². The summed E-state index contributed by atoms with van der Waals surface area (Å²) in [5.74, 6) is 0. The van der Waals surface area contributed by atoms with E-state index in [2.05, 4.69) is 10.0 Å². The molecular weight excluding hydrogens is 417 g/mol. The molecule has 28 heavy (non-hydrogen) atoms. The van der Waals surface area contributed by atoms with Crippen LogP contribution in [0.5, 0.6) is 0 Å². The van der Waals surface area contributed by atoms with Crippen LogP contribution in [0.3, 0.4) is 0 Å². The van der Waals surface area contributed by atoms with Crippen molar-refractivity contribution in [3.63, 3.8) is 0 Å². The maximum absolute atomic E-state index is 13.4. The van der Waals surface area contributed by atoms with E-state index in [-0.39, 0.29) is 11.4 Å². The molecule has 1 fully saturated rings. The van der Waals surface area contributed by atoms with Gasteiger partial charge in [0.1, 0.15) is 0 Å². The number of sulfone groups is 1. The van der Waals surface area contributed by atoms with Gasteiger partial charge < -0.3 is 5.32 Å². The molecule has 0 radical (unpaired) electrons. The third-order valence-corrected chi connectivity index (χ3v) is 7.62. The largest absolute Gasteiger partial charge is 0.417 e. The van der Waals surface area contributed by atoms with E-state index in [9.17, 15) is 30.0 Å². The van der Waals surface area contributed by atoms with Crippen LogP contribution in [0.4, 0.5) is 13.2 Å². The zero-order valence-electron chi connectivity index (χ0n) is 14.4. The minimum atomic E-state index is -4.97. The van der Waals surface area contributed by atoms with Crippen molar-refractivity contribution >= 4 is 19.9 Å². The lowest BCUT2D eigenvalue weighted by Gasteiger charge is -2.17. The molecule has 1 aliphatic rings. The SMILES string of the molecule is O=S(=O)(N[C@@H]1CCNC1)c1cc(S(=O)(=O)c2ccccc2)ccc1C(F)(F)F. The zero-order valence-corrected chi connectivity index (χ0v) is 16.0. The molecule has 6 nitrogen and oxygen atoms in total. The first-order chi connectivity index (χ1) is 13.0. The van der Waals surface area contributed by atoms with Gasteiger partial charge in [-0.05, 0) is 43.3 Å². The fraction of sp³-hybridized carbons (Fsp3) is 0.294. The third-order valence-electron chi connectivity index (χ3n) is 4.29. The number of hydrogen-bond acceptors (Lipinski definition) is 5. The van der Waals surface area contributed by atoms with Crippen LogP contribution in [0.25, 0.3) is 0 Å². The summed E-state index contributed by atoms with van der Waals surface area (Å²) >= 11 is 0. The average Bonchev–Trinajstić information content (AvgIpc) is 3.13. The minimum Gasteiger partial charge on any atom is -0.315 e. The van der Waals surface area contributed by atoms with Crippen LogP contribution in [0.1, 0.15) is 12.0 Å². The number of hydrogen-bond donors (Lipinski definition) is 2. The fourth-order valence-electron chi connectivity index (χ4n) is 2.90. The first-order valence-electron chi connectivity index (χ1n) is 8.26. The van der Waals surface area contributed by atoms with E-state index in [1.54, 1.807) is 6.07 Å². The van der Waals surface area contributed by atoms with Gasteiger partial charge >= 0.3 is 6.18 Å². The number of rotatable bonds is 5. The second kappa shape index (κ2) is 7.47. The molecule has 1 aliphatic heterocycles. The normalized spacial score (nSPS) is 18.3. The zero-order chi connectivity index (χ0) is 20.6. The molecule has 1 atom stereocenters. The lowest BCUT2D eigenvalue weighted by Crippen LogP contribution is -2.37. The monoisotopic (exact) mass is 434 g/mol. The van der Waals surface area contributed by atoms with Gasteiger partial charge in [-0.25, -0.2) is 21.6 Å². The van der Waals surface area contributed by atoms with E-state index in [1.165, 1.54) is 24.3 Å². The number of benzene rings is 2. The van der Waals surface area contributed by atoms with Crippen LogP contribution in [-0.2, 0) is 26.0 Å². The maximum atomic E-state index is 13.4. The predicted molar refractivity (Wildman–Crippen MR) is 94.9 cm³/mol. The predicted octanol–water partition coefficient (Wildman–Crippen LogP) is 2.18. The van der Waals surface area contributed by atoms with Crippen molar-refractivity contribution in [2.75, 3.05) is 13.1 Å². The summed E-state index contributed by atoms with van der Waals surface area (Å²) in [5.41, 5.74) is -1.42. The van der Waals surface area contributed by atoms with Crippen LogP contribution >= 0.6 is 0 Å². The second-order valence-corrected chi connectivity index (χ2v) is 9.92. The van der Waals surface area contributed by atoms with E-state index in [1.807, 2.05) is 0 Å². The third kappa shape index (κ3) is 4.22. The Morgan fingerprint density at radius 2 is 1.64 bits per heavy atom. The Morgan fingerprint density at radius 3 is 2.21 bits per heavy atom. The quantitative estimate of drug-likeness (QED) is 0.753. The summed E-state index contributed by atoms with van der Waals surface area (Å²) in [6.07, 6.45) is -4.55. The van der Waals surface area contributed by atoms with Gasteiger partial charge in [0, 0.05) is 12.6 Å². The molecule has 2 aromatic rings. The summed E-state index contributed by atoms with van der Waals surface area (Å²) in [6, 6.07) is 8.32. The first kappa shape index (κ1) is 20.8. The van der Waals surface area contributed by atoms with E-state index in [0.717, 1.165) is 6.07 Å². The summed E-state index contributed by atoms with van der Waals surface area (Å²) < 4.78 is 93.1. The van der Waals surface area contributed by atoms with E-state index in [0.29, 0.717) is 25.1 Å². The molecule has 1 heterocycles. The molecule has 1 saturated heterocycles. The molecule has 2 N–H and O–H groups in total. The molecule has 0 aromatic heterocycles. The van der Waals surface area contributed by atoms with Crippen molar-refractivity contribution in [1.29, 1.82) is 0 Å². The van der Waals surface area contributed by atoms with Gasteiger partial charge in [0.25, 0.3) is 0 Å². The Morgan fingerprint density at radius 1 is 0.964 bits per heavy atom. The Bertz CT molecular complexity index is 1060. The Kier molecular flexibility index (Phi) is 5.54. The highest BCUT2D eigenvalue weighted by Gasteiger charge is 2.39. The Hall–Kier alpha value is -1.95. The fourth-order valence-corrected chi connectivity index (χ4v) is 5.80.